The lowest BCUT2D eigenvalue weighted by atomic mass is 10.0. The van der Waals surface area contributed by atoms with Gasteiger partial charge in [0.1, 0.15) is 5.75 Å². The molecule has 1 aromatic carbocycles. The Morgan fingerprint density at radius 2 is 2.13 bits per heavy atom. The van der Waals surface area contributed by atoms with E-state index in [1.807, 2.05) is 41.3 Å². The minimum absolute atomic E-state index is 0. The monoisotopic (exact) mass is 416 g/mol. The molecule has 23 heavy (non-hydrogen) atoms. The summed E-state index contributed by atoms with van der Waals surface area (Å²) in [6.07, 6.45) is 0. The normalized spacial score (nSPS) is 17.5. The van der Waals surface area contributed by atoms with E-state index in [1.54, 1.807) is 7.11 Å². The molecule has 1 N–H and O–H groups in total. The number of piperazine rings is 1. The molecule has 1 amide bonds. The van der Waals surface area contributed by atoms with Crippen LogP contribution in [0.5, 0.6) is 5.75 Å². The van der Waals surface area contributed by atoms with Crippen molar-refractivity contribution in [1.29, 1.82) is 0 Å². The van der Waals surface area contributed by atoms with Crippen molar-refractivity contribution in [1.82, 2.24) is 10.2 Å². The molecule has 124 valence electrons. The average Bonchev–Trinajstić information content (AvgIpc) is 3.00. The third-order valence-corrected chi connectivity index (χ3v) is 5.40. The van der Waals surface area contributed by atoms with E-state index in [0.29, 0.717) is 6.54 Å². The number of thiophene rings is 1. The van der Waals surface area contributed by atoms with Crippen LogP contribution in [0.25, 0.3) is 0 Å². The summed E-state index contributed by atoms with van der Waals surface area (Å²) in [6.45, 7) is 2.24. The van der Waals surface area contributed by atoms with Crippen molar-refractivity contribution in [2.24, 2.45) is 0 Å². The second-order valence-electron chi connectivity index (χ2n) is 5.06. The molecule has 0 bridgehead atoms. The highest BCUT2D eigenvalue weighted by Gasteiger charge is 2.30. The summed E-state index contributed by atoms with van der Waals surface area (Å²) in [7, 11) is 1.66. The Kier molecular flexibility index (Phi) is 6.47. The molecule has 4 nitrogen and oxygen atoms in total. The molecule has 1 atom stereocenters. The highest BCUT2D eigenvalue weighted by molar-refractivity contribution is 9.11. The molecule has 1 aromatic heterocycles. The van der Waals surface area contributed by atoms with Crippen LogP contribution in [0, 0.1) is 0 Å². The largest absolute Gasteiger partial charge is 0.496 e. The molecule has 0 aliphatic carbocycles. The van der Waals surface area contributed by atoms with Gasteiger partial charge in [0, 0.05) is 25.2 Å². The van der Waals surface area contributed by atoms with Gasteiger partial charge in [-0.1, -0.05) is 18.2 Å². The van der Waals surface area contributed by atoms with Crippen LogP contribution in [0.15, 0.2) is 40.2 Å². The van der Waals surface area contributed by atoms with Gasteiger partial charge in [0.2, 0.25) is 0 Å². The zero-order valence-electron chi connectivity index (χ0n) is 12.6. The number of benzene rings is 1. The summed E-state index contributed by atoms with van der Waals surface area (Å²) in [5.74, 6) is 0.898. The van der Waals surface area contributed by atoms with Crippen LogP contribution in [-0.4, -0.2) is 37.6 Å². The van der Waals surface area contributed by atoms with Crippen molar-refractivity contribution in [2.45, 2.75) is 6.04 Å². The number of carbonyl (C=O) groups excluding carboxylic acids is 1. The molecule has 7 heteroatoms. The smallest absolute Gasteiger partial charge is 0.264 e. The Bertz CT molecular complexity index is 680. The van der Waals surface area contributed by atoms with Crippen LogP contribution in [0.4, 0.5) is 0 Å². The number of methoxy groups -OCH3 is 1. The van der Waals surface area contributed by atoms with E-state index in [4.69, 9.17) is 4.74 Å². The van der Waals surface area contributed by atoms with E-state index in [9.17, 15) is 4.79 Å². The summed E-state index contributed by atoms with van der Waals surface area (Å²) in [5, 5.41) is 3.37. The van der Waals surface area contributed by atoms with E-state index in [1.165, 1.54) is 11.3 Å². The molecule has 1 saturated heterocycles. The Morgan fingerprint density at radius 1 is 1.35 bits per heavy atom. The summed E-state index contributed by atoms with van der Waals surface area (Å²) in [6, 6.07) is 11.7. The second-order valence-corrected chi connectivity index (χ2v) is 7.53. The topological polar surface area (TPSA) is 41.6 Å². The number of nitrogens with one attached hydrogen (secondary N) is 1. The molecule has 1 aliphatic rings. The molecule has 0 spiro atoms. The standard InChI is InChI=1S/C16H17BrN2O2S.ClH/c1-21-13-5-3-2-4-11(13)12-10-18-8-9-19(12)16(20)14-6-7-15(17)22-14;/h2-7,12,18H,8-10H2,1H3;1H. The molecule has 1 aliphatic heterocycles. The van der Waals surface area contributed by atoms with Crippen molar-refractivity contribution in [2.75, 3.05) is 26.7 Å². The lowest BCUT2D eigenvalue weighted by Gasteiger charge is -2.36. The summed E-state index contributed by atoms with van der Waals surface area (Å²) in [5.41, 5.74) is 1.04. The predicted octanol–water partition coefficient (Wildman–Crippen LogP) is 3.73. The zero-order chi connectivity index (χ0) is 15.5. The minimum atomic E-state index is -0.0155. The van der Waals surface area contributed by atoms with Gasteiger partial charge in [-0.25, -0.2) is 0 Å². The average molecular weight is 418 g/mol. The van der Waals surface area contributed by atoms with E-state index < -0.39 is 0 Å². The Balaban J connectivity index is 0.00000192. The number of nitrogens with zero attached hydrogens (tertiary/aromatic N) is 1. The van der Waals surface area contributed by atoms with Crippen LogP contribution < -0.4 is 10.1 Å². The highest BCUT2D eigenvalue weighted by Crippen LogP contribution is 2.32. The highest BCUT2D eigenvalue weighted by atomic mass is 79.9. The van der Waals surface area contributed by atoms with Crippen LogP contribution in [0.3, 0.4) is 0 Å². The molecular weight excluding hydrogens is 400 g/mol. The van der Waals surface area contributed by atoms with Gasteiger partial charge in [0.15, 0.2) is 0 Å². The van der Waals surface area contributed by atoms with Crippen LogP contribution >= 0.6 is 39.7 Å². The fraction of sp³-hybridized carbons (Fsp3) is 0.312. The van der Waals surface area contributed by atoms with Crippen molar-refractivity contribution >= 4 is 45.6 Å². The van der Waals surface area contributed by atoms with Crippen LogP contribution in [-0.2, 0) is 0 Å². The number of carbonyl (C=O) groups is 1. The molecular formula is C16H18BrClN2O2S. The molecule has 0 saturated carbocycles. The number of rotatable bonds is 3. The lowest BCUT2D eigenvalue weighted by molar-refractivity contribution is 0.0636. The van der Waals surface area contributed by atoms with Crippen molar-refractivity contribution < 1.29 is 9.53 Å². The Hall–Kier alpha value is -1.08. The molecule has 0 radical (unpaired) electrons. The summed E-state index contributed by atoms with van der Waals surface area (Å²) < 4.78 is 6.44. The van der Waals surface area contributed by atoms with Crippen molar-refractivity contribution in [3.8, 4) is 5.75 Å². The second kappa shape index (κ2) is 8.15. The Labute approximate surface area is 154 Å². The number of halogens is 2. The fourth-order valence-electron chi connectivity index (χ4n) is 2.74. The van der Waals surface area contributed by atoms with Gasteiger partial charge in [0.05, 0.1) is 21.8 Å². The first-order chi connectivity index (χ1) is 10.7. The van der Waals surface area contributed by atoms with Gasteiger partial charge in [-0.15, -0.1) is 23.7 Å². The number of hydrogen-bond acceptors (Lipinski definition) is 4. The molecule has 2 aromatic rings. The van der Waals surface area contributed by atoms with Crippen molar-refractivity contribution in [3.05, 3.63) is 50.6 Å². The van der Waals surface area contributed by atoms with Gasteiger partial charge in [-0.2, -0.15) is 0 Å². The van der Waals surface area contributed by atoms with E-state index in [-0.39, 0.29) is 24.4 Å². The quantitative estimate of drug-likeness (QED) is 0.827. The van der Waals surface area contributed by atoms with E-state index in [2.05, 4.69) is 21.2 Å². The van der Waals surface area contributed by atoms with Gasteiger partial charge in [-0.3, -0.25) is 4.79 Å². The van der Waals surface area contributed by atoms with Gasteiger partial charge in [-0.05, 0) is 34.1 Å². The maximum Gasteiger partial charge on any atom is 0.264 e. The first-order valence-electron chi connectivity index (χ1n) is 7.10. The van der Waals surface area contributed by atoms with Crippen LogP contribution in [0.2, 0.25) is 0 Å². The third kappa shape index (κ3) is 3.88. The SMILES string of the molecule is COc1ccccc1C1CNCCN1C(=O)c1ccc(Br)s1.Cl. The zero-order valence-corrected chi connectivity index (χ0v) is 15.8. The predicted molar refractivity (Wildman–Crippen MR) is 98.9 cm³/mol. The van der Waals surface area contributed by atoms with Gasteiger partial charge >= 0.3 is 0 Å². The lowest BCUT2D eigenvalue weighted by Crippen LogP contribution is -2.48. The van der Waals surface area contributed by atoms with Gasteiger partial charge < -0.3 is 15.0 Å². The first kappa shape index (κ1) is 18.3. The Morgan fingerprint density at radius 3 is 2.83 bits per heavy atom. The molecule has 2 heterocycles. The van der Waals surface area contributed by atoms with Gasteiger partial charge in [0.25, 0.3) is 5.91 Å². The van der Waals surface area contributed by atoms with E-state index >= 15 is 0 Å². The number of ether oxygens (including phenoxy) is 1. The molecule has 3 rings (SSSR count). The first-order valence-corrected chi connectivity index (χ1v) is 8.71. The molecule has 1 fully saturated rings. The van der Waals surface area contributed by atoms with Crippen molar-refractivity contribution in [3.63, 3.8) is 0 Å². The summed E-state index contributed by atoms with van der Waals surface area (Å²) >= 11 is 4.89. The number of hydrogen-bond donors (Lipinski definition) is 1. The fourth-order valence-corrected chi connectivity index (χ4v) is 4.08. The maximum absolute atomic E-state index is 12.8. The summed E-state index contributed by atoms with van der Waals surface area (Å²) in [4.78, 5) is 15.5. The third-order valence-electron chi connectivity index (χ3n) is 3.79. The molecule has 1 unspecified atom stereocenters. The maximum atomic E-state index is 12.8. The van der Waals surface area contributed by atoms with Crippen LogP contribution in [0.1, 0.15) is 21.3 Å². The minimum Gasteiger partial charge on any atom is -0.496 e. The number of amides is 1. The number of para-hydroxylation sites is 1. The van der Waals surface area contributed by atoms with E-state index in [0.717, 1.165) is 33.1 Å².